The van der Waals surface area contributed by atoms with Gasteiger partial charge >= 0.3 is 5.97 Å². The lowest BCUT2D eigenvalue weighted by Gasteiger charge is -2.10. The molecule has 6 heteroatoms. The summed E-state index contributed by atoms with van der Waals surface area (Å²) >= 11 is 12.4. The minimum absolute atomic E-state index is 0.107. The van der Waals surface area contributed by atoms with E-state index in [1.54, 1.807) is 37.3 Å². The van der Waals surface area contributed by atoms with E-state index in [9.17, 15) is 9.59 Å². The number of carbonyl (C=O) groups is 2. The summed E-state index contributed by atoms with van der Waals surface area (Å²) in [6.07, 6.45) is 1.67. The maximum atomic E-state index is 12.8. The summed E-state index contributed by atoms with van der Waals surface area (Å²) in [7, 11) is 0. The molecule has 150 valence electrons. The third-order valence-corrected chi connectivity index (χ3v) is 5.39. The number of hydrogen-bond acceptors (Lipinski definition) is 4. The van der Waals surface area contributed by atoms with Gasteiger partial charge in [0.15, 0.2) is 5.76 Å². The van der Waals surface area contributed by atoms with Crippen LogP contribution in [0.5, 0.6) is 11.5 Å². The normalized spacial score (nSPS) is 13.8. The van der Waals surface area contributed by atoms with Gasteiger partial charge in [-0.15, -0.1) is 0 Å². The fourth-order valence-electron chi connectivity index (χ4n) is 3.18. The predicted molar refractivity (Wildman–Crippen MR) is 116 cm³/mol. The molecule has 0 aromatic heterocycles. The SMILES string of the molecule is Cc1c(OC(=O)Cc2ccccc2)ccc2c1O/C(=C\c1c(Cl)cccc1Cl)C2=O. The van der Waals surface area contributed by atoms with Gasteiger partial charge in [-0.25, -0.2) is 0 Å². The van der Waals surface area contributed by atoms with E-state index in [2.05, 4.69) is 0 Å². The van der Waals surface area contributed by atoms with Crippen molar-refractivity contribution in [1.82, 2.24) is 0 Å². The van der Waals surface area contributed by atoms with Crippen molar-refractivity contribution in [3.05, 3.63) is 98.7 Å². The van der Waals surface area contributed by atoms with Crippen molar-refractivity contribution in [2.24, 2.45) is 0 Å². The van der Waals surface area contributed by atoms with E-state index in [0.29, 0.717) is 38.2 Å². The van der Waals surface area contributed by atoms with Crippen LogP contribution in [0.1, 0.15) is 27.0 Å². The molecule has 0 atom stereocenters. The van der Waals surface area contributed by atoms with Gasteiger partial charge in [-0.1, -0.05) is 59.6 Å². The van der Waals surface area contributed by atoms with Gasteiger partial charge in [-0.2, -0.15) is 0 Å². The first-order chi connectivity index (χ1) is 14.4. The van der Waals surface area contributed by atoms with E-state index in [1.165, 1.54) is 6.08 Å². The molecule has 0 bridgehead atoms. The molecule has 4 rings (SSSR count). The number of carbonyl (C=O) groups excluding carboxylic acids is 2. The van der Waals surface area contributed by atoms with Gasteiger partial charge in [0, 0.05) is 21.2 Å². The van der Waals surface area contributed by atoms with Crippen LogP contribution in [0.25, 0.3) is 6.08 Å². The molecule has 1 aliphatic heterocycles. The molecule has 3 aromatic rings. The van der Waals surface area contributed by atoms with Crippen molar-refractivity contribution >= 4 is 41.0 Å². The van der Waals surface area contributed by atoms with Crippen molar-refractivity contribution in [1.29, 1.82) is 0 Å². The molecule has 0 unspecified atom stereocenters. The highest BCUT2D eigenvalue weighted by Gasteiger charge is 2.31. The molecule has 1 heterocycles. The highest BCUT2D eigenvalue weighted by Crippen LogP contribution is 2.40. The first kappa shape index (κ1) is 20.2. The van der Waals surface area contributed by atoms with Gasteiger partial charge < -0.3 is 9.47 Å². The second-order valence-corrected chi connectivity index (χ2v) is 7.59. The summed E-state index contributed by atoms with van der Waals surface area (Å²) in [4.78, 5) is 25.1. The highest BCUT2D eigenvalue weighted by atomic mass is 35.5. The average molecular weight is 439 g/mol. The maximum absolute atomic E-state index is 12.8. The van der Waals surface area contributed by atoms with Crippen molar-refractivity contribution in [3.63, 3.8) is 0 Å². The summed E-state index contributed by atoms with van der Waals surface area (Å²) in [5, 5.41) is 0.823. The summed E-state index contributed by atoms with van der Waals surface area (Å²) in [6, 6.07) is 17.6. The molecule has 0 radical (unpaired) electrons. The summed E-state index contributed by atoms with van der Waals surface area (Å²) < 4.78 is 11.3. The van der Waals surface area contributed by atoms with E-state index >= 15 is 0 Å². The van der Waals surface area contributed by atoms with E-state index in [1.807, 2.05) is 30.3 Å². The van der Waals surface area contributed by atoms with Crippen LogP contribution in [0.4, 0.5) is 0 Å². The summed E-state index contributed by atoms with van der Waals surface area (Å²) in [6.45, 7) is 1.74. The third-order valence-electron chi connectivity index (χ3n) is 4.73. The lowest BCUT2D eigenvalue weighted by Crippen LogP contribution is -2.12. The molecular formula is C24H16Cl2O4. The Morgan fingerprint density at radius 2 is 1.70 bits per heavy atom. The number of Topliss-reactive ketones (excluding diaryl/α,β-unsaturated/α-hetero) is 1. The zero-order valence-corrected chi connectivity index (χ0v) is 17.5. The van der Waals surface area contributed by atoms with Crippen LogP contribution in [0.2, 0.25) is 10.0 Å². The molecule has 0 saturated heterocycles. The quantitative estimate of drug-likeness (QED) is 0.282. The Morgan fingerprint density at radius 3 is 2.40 bits per heavy atom. The van der Waals surface area contributed by atoms with Crippen LogP contribution >= 0.6 is 23.2 Å². The van der Waals surface area contributed by atoms with E-state index < -0.39 is 5.97 Å². The fraction of sp³-hybridized carbons (Fsp3) is 0.0833. The second kappa shape index (κ2) is 8.34. The number of ether oxygens (including phenoxy) is 2. The van der Waals surface area contributed by atoms with Gasteiger partial charge in [-0.3, -0.25) is 9.59 Å². The molecule has 0 spiro atoms. The summed E-state index contributed by atoms with van der Waals surface area (Å²) in [5.74, 6) is 0.133. The Morgan fingerprint density at radius 1 is 1.00 bits per heavy atom. The molecule has 0 aliphatic carbocycles. The molecule has 0 fully saturated rings. The Labute approximate surface area is 183 Å². The molecule has 3 aromatic carbocycles. The molecular weight excluding hydrogens is 423 g/mol. The van der Waals surface area contributed by atoms with Crippen LogP contribution in [-0.4, -0.2) is 11.8 Å². The number of esters is 1. The van der Waals surface area contributed by atoms with E-state index in [0.717, 1.165) is 5.56 Å². The average Bonchev–Trinajstić information content (AvgIpc) is 3.04. The monoisotopic (exact) mass is 438 g/mol. The third kappa shape index (κ3) is 3.97. The molecule has 1 aliphatic rings. The van der Waals surface area contributed by atoms with Crippen molar-refractivity contribution in [3.8, 4) is 11.5 Å². The van der Waals surface area contributed by atoms with Crippen LogP contribution in [-0.2, 0) is 11.2 Å². The maximum Gasteiger partial charge on any atom is 0.315 e. The number of fused-ring (bicyclic) bond motifs is 1. The molecule has 0 saturated carbocycles. The number of halogens is 2. The lowest BCUT2D eigenvalue weighted by atomic mass is 10.1. The zero-order chi connectivity index (χ0) is 21.3. The van der Waals surface area contributed by atoms with Crippen LogP contribution in [0.3, 0.4) is 0 Å². The van der Waals surface area contributed by atoms with Gasteiger partial charge in [0.2, 0.25) is 5.78 Å². The molecule has 4 nitrogen and oxygen atoms in total. The molecule has 0 N–H and O–H groups in total. The standard InChI is InChI=1S/C24H16Cl2O4/c1-14-20(29-22(27)12-15-6-3-2-4-7-15)11-10-16-23(28)21(30-24(14)16)13-17-18(25)8-5-9-19(17)26/h2-11,13H,12H2,1H3/b21-13-. The number of benzene rings is 3. The topological polar surface area (TPSA) is 52.6 Å². The first-order valence-corrected chi connectivity index (χ1v) is 9.96. The van der Waals surface area contributed by atoms with Gasteiger partial charge in [-0.05, 0) is 42.8 Å². The molecule has 30 heavy (non-hydrogen) atoms. The minimum atomic E-state index is -0.396. The minimum Gasteiger partial charge on any atom is -0.452 e. The van der Waals surface area contributed by atoms with Crippen LogP contribution in [0.15, 0.2) is 66.4 Å². The second-order valence-electron chi connectivity index (χ2n) is 6.78. The van der Waals surface area contributed by atoms with Crippen molar-refractivity contribution in [2.45, 2.75) is 13.3 Å². The predicted octanol–water partition coefficient (Wildman–Crippen LogP) is 6.07. The largest absolute Gasteiger partial charge is 0.452 e. The number of ketones is 1. The Balaban J connectivity index is 1.59. The number of allylic oxidation sites excluding steroid dienone is 1. The van der Waals surface area contributed by atoms with E-state index in [-0.39, 0.29) is 18.0 Å². The molecule has 0 amide bonds. The van der Waals surface area contributed by atoms with Gasteiger partial charge in [0.05, 0.1) is 12.0 Å². The first-order valence-electron chi connectivity index (χ1n) is 9.20. The van der Waals surface area contributed by atoms with Crippen LogP contribution < -0.4 is 9.47 Å². The Kier molecular flexibility index (Phi) is 5.62. The highest BCUT2D eigenvalue weighted by molar-refractivity contribution is 6.37. The lowest BCUT2D eigenvalue weighted by molar-refractivity contribution is -0.133. The number of hydrogen-bond donors (Lipinski definition) is 0. The Bertz CT molecular complexity index is 1160. The van der Waals surface area contributed by atoms with Gasteiger partial charge in [0.1, 0.15) is 11.5 Å². The van der Waals surface area contributed by atoms with E-state index in [4.69, 9.17) is 32.7 Å². The smallest absolute Gasteiger partial charge is 0.315 e. The number of rotatable bonds is 4. The van der Waals surface area contributed by atoms with Crippen molar-refractivity contribution in [2.75, 3.05) is 0 Å². The van der Waals surface area contributed by atoms with Crippen LogP contribution in [0, 0.1) is 6.92 Å². The fourth-order valence-corrected chi connectivity index (χ4v) is 3.69. The summed E-state index contributed by atoms with van der Waals surface area (Å²) in [5.41, 5.74) is 2.32. The van der Waals surface area contributed by atoms with Crippen molar-refractivity contribution < 1.29 is 19.1 Å². The van der Waals surface area contributed by atoms with Gasteiger partial charge in [0.25, 0.3) is 0 Å². The zero-order valence-electron chi connectivity index (χ0n) is 15.9. The Hall–Kier alpha value is -3.08.